The number of aromatic nitrogens is 2. The van der Waals surface area contributed by atoms with E-state index in [1.807, 2.05) is 6.07 Å². The molecule has 0 amide bonds. The fourth-order valence-electron chi connectivity index (χ4n) is 10.6. The van der Waals surface area contributed by atoms with Crippen LogP contribution in [0.25, 0.3) is 88.8 Å². The summed E-state index contributed by atoms with van der Waals surface area (Å²) in [5.41, 5.74) is 18.9. The van der Waals surface area contributed by atoms with E-state index >= 15 is 0 Å². The Hall–Kier alpha value is -7.42. The maximum absolute atomic E-state index is 5.38. The predicted molar refractivity (Wildman–Crippen MR) is 254 cm³/mol. The zero-order chi connectivity index (χ0) is 40.9. The Kier molecular flexibility index (Phi) is 7.74. The number of rotatable bonds is 5. The van der Waals surface area contributed by atoms with Crippen LogP contribution in [0, 0.1) is 0 Å². The molecule has 0 bridgehead atoms. The molecule has 61 heavy (non-hydrogen) atoms. The molecule has 2 heteroatoms. The third-order valence-electron chi connectivity index (χ3n) is 13.8. The molecule has 0 radical (unpaired) electrons. The average molecular weight is 779 g/mol. The van der Waals surface area contributed by atoms with Gasteiger partial charge in [-0.2, -0.15) is 0 Å². The highest BCUT2D eigenvalue weighted by Gasteiger charge is 2.41. The van der Waals surface area contributed by atoms with E-state index < -0.39 is 0 Å². The summed E-state index contributed by atoms with van der Waals surface area (Å²) in [5, 5.41) is 4.87. The zero-order valence-electron chi connectivity index (χ0n) is 34.4. The van der Waals surface area contributed by atoms with Gasteiger partial charge < -0.3 is 0 Å². The van der Waals surface area contributed by atoms with Crippen LogP contribution in [0.15, 0.2) is 200 Å². The van der Waals surface area contributed by atoms with Crippen LogP contribution in [0.4, 0.5) is 0 Å². The van der Waals surface area contributed by atoms with Gasteiger partial charge in [0.25, 0.3) is 0 Å². The minimum Gasteiger partial charge on any atom is -0.228 e. The lowest BCUT2D eigenvalue weighted by Gasteiger charge is -2.28. The maximum atomic E-state index is 5.38. The molecule has 10 aromatic rings. The predicted octanol–water partition coefficient (Wildman–Crippen LogP) is 15.1. The molecule has 1 atom stereocenters. The molecule has 2 aliphatic rings. The molecule has 0 spiro atoms. The van der Waals surface area contributed by atoms with Crippen molar-refractivity contribution in [2.24, 2.45) is 0 Å². The van der Waals surface area contributed by atoms with Crippen LogP contribution in [0.5, 0.6) is 0 Å². The van der Waals surface area contributed by atoms with Crippen molar-refractivity contribution >= 4 is 21.5 Å². The SMILES string of the molecule is CC1(C)c2cc3ccccc3cc2-c2c(-c3cc(-c4ccc(-c5ccc6c(c5)C(C)(c5ccccc5)c5ccccc5-6)c5ccccc45)nc(-c4ccccc4)n3)cccc21. The van der Waals surface area contributed by atoms with Crippen LogP contribution in [0.2, 0.25) is 0 Å². The largest absolute Gasteiger partial charge is 0.228 e. The Bertz CT molecular complexity index is 3400. The van der Waals surface area contributed by atoms with Gasteiger partial charge >= 0.3 is 0 Å². The summed E-state index contributed by atoms with van der Waals surface area (Å²) in [5.74, 6) is 0.716. The van der Waals surface area contributed by atoms with E-state index in [-0.39, 0.29) is 10.8 Å². The van der Waals surface area contributed by atoms with Crippen molar-refractivity contribution in [1.82, 2.24) is 9.97 Å². The summed E-state index contributed by atoms with van der Waals surface area (Å²) in [4.78, 5) is 10.8. The van der Waals surface area contributed by atoms with Crippen molar-refractivity contribution < 1.29 is 0 Å². The summed E-state index contributed by atoms with van der Waals surface area (Å²) in [6.45, 7) is 7.10. The molecule has 2 aliphatic carbocycles. The van der Waals surface area contributed by atoms with Crippen LogP contribution in [0.3, 0.4) is 0 Å². The quantitative estimate of drug-likeness (QED) is 0.174. The fraction of sp³-hybridized carbons (Fsp3) is 0.0847. The minimum atomic E-state index is -0.273. The van der Waals surface area contributed by atoms with E-state index in [9.17, 15) is 0 Å². The number of fused-ring (bicyclic) bond motifs is 8. The van der Waals surface area contributed by atoms with Crippen molar-refractivity contribution in [3.63, 3.8) is 0 Å². The number of hydrogen-bond acceptors (Lipinski definition) is 2. The summed E-state index contributed by atoms with van der Waals surface area (Å²) in [6.07, 6.45) is 0. The van der Waals surface area contributed by atoms with Gasteiger partial charge in [0.05, 0.1) is 11.4 Å². The highest BCUT2D eigenvalue weighted by atomic mass is 14.9. The molecule has 0 saturated carbocycles. The summed E-state index contributed by atoms with van der Waals surface area (Å²) in [7, 11) is 0. The van der Waals surface area contributed by atoms with E-state index in [2.05, 4.69) is 215 Å². The second-order valence-electron chi connectivity index (χ2n) is 17.4. The van der Waals surface area contributed by atoms with E-state index in [1.54, 1.807) is 0 Å². The Labute approximate surface area is 356 Å². The van der Waals surface area contributed by atoms with Crippen molar-refractivity contribution in [2.75, 3.05) is 0 Å². The monoisotopic (exact) mass is 778 g/mol. The lowest BCUT2D eigenvalue weighted by atomic mass is 9.74. The number of benzene rings is 9. The maximum Gasteiger partial charge on any atom is 0.160 e. The van der Waals surface area contributed by atoms with E-state index in [4.69, 9.17) is 9.97 Å². The van der Waals surface area contributed by atoms with Gasteiger partial charge in [0.1, 0.15) is 0 Å². The lowest BCUT2D eigenvalue weighted by molar-refractivity contribution is 0.661. The molecule has 1 aromatic heterocycles. The molecule has 0 aliphatic heterocycles. The average Bonchev–Trinajstić information content (AvgIpc) is 3.71. The van der Waals surface area contributed by atoms with E-state index in [0.29, 0.717) is 5.82 Å². The molecule has 1 heterocycles. The first-order chi connectivity index (χ1) is 29.9. The van der Waals surface area contributed by atoms with E-state index in [0.717, 1.165) is 33.5 Å². The van der Waals surface area contributed by atoms with E-state index in [1.165, 1.54) is 77.4 Å². The number of hydrogen-bond donors (Lipinski definition) is 0. The first-order valence-electron chi connectivity index (χ1n) is 21.3. The normalized spacial score (nSPS) is 15.7. The summed E-state index contributed by atoms with van der Waals surface area (Å²) in [6, 6.07) is 73.2. The van der Waals surface area contributed by atoms with Crippen molar-refractivity contribution in [3.8, 4) is 67.3 Å². The highest BCUT2D eigenvalue weighted by molar-refractivity contribution is 6.06. The number of nitrogens with zero attached hydrogens (tertiary/aromatic N) is 2. The van der Waals surface area contributed by atoms with Crippen LogP contribution < -0.4 is 0 Å². The molecule has 0 N–H and O–H groups in total. The Morgan fingerprint density at radius 1 is 0.344 bits per heavy atom. The molecule has 12 rings (SSSR count). The molecule has 9 aromatic carbocycles. The van der Waals surface area contributed by atoms with Crippen LogP contribution in [0.1, 0.15) is 48.6 Å². The minimum absolute atomic E-state index is 0.159. The van der Waals surface area contributed by atoms with Gasteiger partial charge in [-0.15, -0.1) is 0 Å². The summed E-state index contributed by atoms with van der Waals surface area (Å²) < 4.78 is 0. The molecule has 2 nitrogen and oxygen atoms in total. The van der Waals surface area contributed by atoms with Crippen LogP contribution >= 0.6 is 0 Å². The smallest absolute Gasteiger partial charge is 0.160 e. The van der Waals surface area contributed by atoms with Crippen LogP contribution in [-0.2, 0) is 10.8 Å². The topological polar surface area (TPSA) is 25.8 Å². The third kappa shape index (κ3) is 5.28. The standard InChI is InChI=1S/C59H42N2/c1-58(2)51-28-16-26-48(56(51)49-33-38-19-10-11-20-39(38)34-52(49)58)55-36-54(60-57(61-55)37-17-6-4-7-18-37)47-32-31-42(43-23-12-13-24-44(43)47)40-29-30-46-45-25-14-15-27-50(45)59(3,53(46)35-40)41-21-8-5-9-22-41/h4-36H,1-3H3. The Balaban J connectivity index is 1.05. The molecular formula is C59H42N2. The van der Waals surface area contributed by atoms with Crippen molar-refractivity contribution in [2.45, 2.75) is 31.6 Å². The molecule has 1 unspecified atom stereocenters. The van der Waals surface area contributed by atoms with Gasteiger partial charge in [0.15, 0.2) is 5.82 Å². The second kappa shape index (κ2) is 13.3. The van der Waals surface area contributed by atoms with Gasteiger partial charge in [0, 0.05) is 27.5 Å². The van der Waals surface area contributed by atoms with Crippen molar-refractivity contribution in [3.05, 3.63) is 228 Å². The summed E-state index contributed by atoms with van der Waals surface area (Å²) >= 11 is 0. The first kappa shape index (κ1) is 35.5. The lowest BCUT2D eigenvalue weighted by Crippen LogP contribution is -2.22. The van der Waals surface area contributed by atoms with Gasteiger partial charge in [-0.3, -0.25) is 0 Å². The van der Waals surface area contributed by atoms with Gasteiger partial charge in [-0.25, -0.2) is 9.97 Å². The van der Waals surface area contributed by atoms with Crippen molar-refractivity contribution in [1.29, 1.82) is 0 Å². The third-order valence-corrected chi connectivity index (χ3v) is 13.8. The van der Waals surface area contributed by atoms with Gasteiger partial charge in [-0.05, 0) is 114 Å². The Morgan fingerprint density at radius 2 is 0.918 bits per heavy atom. The van der Waals surface area contributed by atoms with Crippen LogP contribution in [-0.4, -0.2) is 9.97 Å². The van der Waals surface area contributed by atoms with Gasteiger partial charge in [0.2, 0.25) is 0 Å². The first-order valence-corrected chi connectivity index (χ1v) is 21.3. The molecule has 288 valence electrons. The molecule has 0 saturated heterocycles. The fourth-order valence-corrected chi connectivity index (χ4v) is 10.6. The zero-order valence-corrected chi connectivity index (χ0v) is 34.4. The molecule has 0 fully saturated rings. The second-order valence-corrected chi connectivity index (χ2v) is 17.4. The Morgan fingerprint density at radius 3 is 1.70 bits per heavy atom. The van der Waals surface area contributed by atoms with Gasteiger partial charge in [-0.1, -0.05) is 190 Å². The highest BCUT2D eigenvalue weighted by Crippen LogP contribution is 2.55. The molecular weight excluding hydrogens is 737 g/mol.